The number of aromatic nitrogens is 1. The number of pyridine rings is 1. The van der Waals surface area contributed by atoms with Crippen LogP contribution in [0.25, 0.3) is 0 Å². The number of carbonyl (C=O) groups excluding carboxylic acids is 1. The van der Waals surface area contributed by atoms with Crippen molar-refractivity contribution < 1.29 is 27.8 Å². The van der Waals surface area contributed by atoms with Gasteiger partial charge in [-0.25, -0.2) is 18.1 Å². The van der Waals surface area contributed by atoms with Crippen LogP contribution in [0.15, 0.2) is 83.9 Å². The Morgan fingerprint density at radius 1 is 0.900 bits per heavy atom. The SMILES string of the molecule is O=CN1CCN(c2ccccn2)C[C@@H]1c1ccccc1.O=S(=O)(NC1CCCCC1)c1ccc(C(F)(F)F)cc1.[HH]. The van der Waals surface area contributed by atoms with E-state index in [9.17, 15) is 26.4 Å². The van der Waals surface area contributed by atoms with Gasteiger partial charge in [0, 0.05) is 33.3 Å². The summed E-state index contributed by atoms with van der Waals surface area (Å²) in [4.78, 5) is 19.7. The molecular formula is C29H35F3N4O3S. The van der Waals surface area contributed by atoms with Crippen LogP contribution in [-0.4, -0.2) is 50.4 Å². The average Bonchev–Trinajstić information content (AvgIpc) is 2.98. The standard InChI is InChI=1S/C16H17N3O.C13H16F3NO2S.H2/c20-13-19-11-10-18(16-8-4-5-9-17-16)12-15(19)14-6-2-1-3-7-14;14-13(15,16)10-6-8-12(9-7-10)20(18,19)17-11-4-2-1-3-5-11;/h1-9,13,15H,10-12H2;6-9,11,17H,1-5H2;1H/t15-;;/m1../s1. The Kier molecular flexibility index (Phi) is 9.80. The molecule has 2 aliphatic rings. The number of alkyl halides is 3. The molecule has 1 saturated carbocycles. The highest BCUT2D eigenvalue weighted by molar-refractivity contribution is 7.89. The molecule has 11 heteroatoms. The van der Waals surface area contributed by atoms with E-state index in [1.807, 2.05) is 41.3 Å². The Bertz CT molecular complexity index is 1320. The number of benzene rings is 2. The van der Waals surface area contributed by atoms with Gasteiger partial charge >= 0.3 is 6.18 Å². The molecule has 2 heterocycles. The molecule has 7 nitrogen and oxygen atoms in total. The molecule has 0 unspecified atom stereocenters. The highest BCUT2D eigenvalue weighted by Gasteiger charge is 2.31. The summed E-state index contributed by atoms with van der Waals surface area (Å²) in [6, 6.07) is 19.6. The molecule has 1 amide bonds. The Hall–Kier alpha value is -3.44. The minimum atomic E-state index is -4.46. The van der Waals surface area contributed by atoms with E-state index in [2.05, 4.69) is 26.7 Å². The number of amides is 1. The van der Waals surface area contributed by atoms with Crippen LogP contribution in [0, 0.1) is 0 Å². The molecule has 1 saturated heterocycles. The van der Waals surface area contributed by atoms with Crippen LogP contribution in [0.5, 0.6) is 0 Å². The van der Waals surface area contributed by atoms with Crippen LogP contribution in [-0.2, 0) is 21.0 Å². The third kappa shape index (κ3) is 7.82. The molecule has 2 aromatic carbocycles. The summed E-state index contributed by atoms with van der Waals surface area (Å²) in [6.07, 6.45) is 2.89. The van der Waals surface area contributed by atoms with Crippen molar-refractivity contribution in [2.75, 3.05) is 24.5 Å². The zero-order chi connectivity index (χ0) is 28.6. The van der Waals surface area contributed by atoms with Crippen LogP contribution in [0.4, 0.5) is 19.0 Å². The van der Waals surface area contributed by atoms with Gasteiger partial charge < -0.3 is 9.80 Å². The van der Waals surface area contributed by atoms with Gasteiger partial charge in [0.1, 0.15) is 5.82 Å². The number of halogens is 3. The maximum absolute atomic E-state index is 12.4. The van der Waals surface area contributed by atoms with Crippen molar-refractivity contribution in [2.24, 2.45) is 0 Å². The number of nitrogens with one attached hydrogen (secondary N) is 1. The number of anilines is 1. The predicted octanol–water partition coefficient (Wildman–Crippen LogP) is 5.66. The molecule has 40 heavy (non-hydrogen) atoms. The largest absolute Gasteiger partial charge is 0.416 e. The van der Waals surface area contributed by atoms with Crippen LogP contribution < -0.4 is 9.62 Å². The number of piperazine rings is 1. The van der Waals surface area contributed by atoms with Gasteiger partial charge in [0.25, 0.3) is 0 Å². The second-order valence-corrected chi connectivity index (χ2v) is 11.6. The molecule has 1 aromatic heterocycles. The highest BCUT2D eigenvalue weighted by Crippen LogP contribution is 2.30. The van der Waals surface area contributed by atoms with Gasteiger partial charge in [-0.1, -0.05) is 55.7 Å². The van der Waals surface area contributed by atoms with Gasteiger partial charge in [-0.2, -0.15) is 13.2 Å². The first-order chi connectivity index (χ1) is 19.2. The molecular weight excluding hydrogens is 541 g/mol. The summed E-state index contributed by atoms with van der Waals surface area (Å²) < 4.78 is 64.0. The van der Waals surface area contributed by atoms with E-state index >= 15 is 0 Å². The summed E-state index contributed by atoms with van der Waals surface area (Å²) in [6.45, 7) is 2.32. The van der Waals surface area contributed by atoms with Gasteiger partial charge in [-0.15, -0.1) is 0 Å². The van der Waals surface area contributed by atoms with E-state index in [1.54, 1.807) is 6.20 Å². The monoisotopic (exact) mass is 576 g/mol. The summed E-state index contributed by atoms with van der Waals surface area (Å²) in [7, 11) is -3.74. The lowest BCUT2D eigenvalue weighted by atomic mass is 9.96. The minimum Gasteiger partial charge on any atom is -0.352 e. The van der Waals surface area contributed by atoms with Crippen molar-refractivity contribution in [3.8, 4) is 0 Å². The molecule has 5 rings (SSSR count). The van der Waals surface area contributed by atoms with Crippen molar-refractivity contribution in [3.63, 3.8) is 0 Å². The number of sulfonamides is 1. The predicted molar refractivity (Wildman–Crippen MR) is 149 cm³/mol. The van der Waals surface area contributed by atoms with Crippen molar-refractivity contribution in [1.82, 2.24) is 14.6 Å². The third-order valence-corrected chi connectivity index (χ3v) is 8.67. The normalized spacial score (nSPS) is 18.5. The zero-order valence-electron chi connectivity index (χ0n) is 22.0. The summed E-state index contributed by atoms with van der Waals surface area (Å²) >= 11 is 0. The third-order valence-electron chi connectivity index (χ3n) is 7.13. The minimum absolute atomic E-state index is 0. The van der Waals surface area contributed by atoms with Crippen LogP contribution in [0.1, 0.15) is 50.7 Å². The Balaban J connectivity index is 0.000000220. The van der Waals surface area contributed by atoms with Gasteiger partial charge in [0.15, 0.2) is 0 Å². The lowest BCUT2D eigenvalue weighted by molar-refractivity contribution is -0.137. The van der Waals surface area contributed by atoms with E-state index in [0.29, 0.717) is 0 Å². The summed E-state index contributed by atoms with van der Waals surface area (Å²) in [5.41, 5.74) is 0.314. The second kappa shape index (κ2) is 13.3. The Morgan fingerprint density at radius 3 is 2.17 bits per heavy atom. The molecule has 3 aromatic rings. The quantitative estimate of drug-likeness (QED) is 0.383. The average molecular weight is 577 g/mol. The molecule has 1 aliphatic carbocycles. The van der Waals surface area contributed by atoms with Gasteiger partial charge in [-0.05, 0) is 54.8 Å². The molecule has 0 bridgehead atoms. The van der Waals surface area contributed by atoms with E-state index in [4.69, 9.17) is 0 Å². The lowest BCUT2D eigenvalue weighted by Gasteiger charge is -2.40. The fraction of sp³-hybridized carbons (Fsp3) is 0.379. The fourth-order valence-corrected chi connectivity index (χ4v) is 6.28. The van der Waals surface area contributed by atoms with E-state index < -0.39 is 21.8 Å². The Labute approximate surface area is 234 Å². The summed E-state index contributed by atoms with van der Waals surface area (Å²) in [5.74, 6) is 0.971. The molecule has 0 radical (unpaired) electrons. The maximum atomic E-state index is 12.4. The van der Waals surface area contributed by atoms with Gasteiger partial charge in [-0.3, -0.25) is 4.79 Å². The van der Waals surface area contributed by atoms with E-state index in [-0.39, 0.29) is 18.4 Å². The van der Waals surface area contributed by atoms with E-state index in [0.717, 1.165) is 88.2 Å². The Morgan fingerprint density at radius 2 is 1.57 bits per heavy atom. The van der Waals surface area contributed by atoms with Gasteiger partial charge in [0.2, 0.25) is 16.4 Å². The first-order valence-corrected chi connectivity index (χ1v) is 14.8. The molecule has 1 N–H and O–H groups in total. The number of nitrogens with zero attached hydrogens (tertiary/aromatic N) is 3. The molecule has 1 aliphatic heterocycles. The number of hydrogen-bond donors (Lipinski definition) is 1. The second-order valence-electron chi connectivity index (χ2n) is 9.88. The van der Waals surface area contributed by atoms with Crippen molar-refractivity contribution in [3.05, 3.63) is 90.1 Å². The number of rotatable bonds is 6. The van der Waals surface area contributed by atoms with E-state index in [1.165, 1.54) is 5.56 Å². The van der Waals surface area contributed by atoms with Crippen molar-refractivity contribution in [1.29, 1.82) is 0 Å². The first-order valence-electron chi connectivity index (χ1n) is 13.3. The summed E-state index contributed by atoms with van der Waals surface area (Å²) in [5, 5.41) is 0. The van der Waals surface area contributed by atoms with Crippen molar-refractivity contribution >= 4 is 22.3 Å². The molecule has 2 fully saturated rings. The zero-order valence-corrected chi connectivity index (χ0v) is 22.8. The van der Waals surface area contributed by atoms with Crippen molar-refractivity contribution in [2.45, 2.75) is 55.3 Å². The van der Waals surface area contributed by atoms with Crippen LogP contribution in [0.3, 0.4) is 0 Å². The first kappa shape index (κ1) is 29.5. The van der Waals surface area contributed by atoms with Gasteiger partial charge in [0.05, 0.1) is 16.5 Å². The number of carbonyl (C=O) groups is 1. The van der Waals surface area contributed by atoms with Crippen LogP contribution >= 0.6 is 0 Å². The molecule has 0 spiro atoms. The topological polar surface area (TPSA) is 82.6 Å². The van der Waals surface area contributed by atoms with Crippen LogP contribution in [0.2, 0.25) is 0 Å². The lowest BCUT2D eigenvalue weighted by Crippen LogP contribution is -2.48. The number of hydrogen-bond acceptors (Lipinski definition) is 5. The molecule has 1 atom stereocenters. The smallest absolute Gasteiger partial charge is 0.352 e. The molecule has 216 valence electrons. The maximum Gasteiger partial charge on any atom is 0.416 e. The highest BCUT2D eigenvalue weighted by atomic mass is 32.2. The fourth-order valence-electron chi connectivity index (χ4n) is 4.98.